The molecule has 3 aromatic rings. The second-order valence-corrected chi connectivity index (χ2v) is 7.06. The SMILES string of the molecule is CC(C)Cc1cc(C(=O)Nc2cccc(NC(=O)[C@@H](C)n3cccn3)c2)n[nH]1. The second-order valence-electron chi connectivity index (χ2n) is 7.06. The standard InChI is InChI=1S/C20H24N6O2/c1-13(2)10-17-12-18(25-24-17)20(28)23-16-7-4-6-15(11-16)22-19(27)14(3)26-9-5-8-21-26/h4-9,11-14H,10H2,1-3H3,(H,22,27)(H,23,28)(H,24,25)/t14-/m1/s1. The van der Waals surface area contributed by atoms with E-state index in [1.165, 1.54) is 0 Å². The first-order valence-corrected chi connectivity index (χ1v) is 9.18. The summed E-state index contributed by atoms with van der Waals surface area (Å²) >= 11 is 0. The lowest BCUT2D eigenvalue weighted by Gasteiger charge is -2.13. The van der Waals surface area contributed by atoms with Crippen molar-refractivity contribution in [3.8, 4) is 0 Å². The molecule has 0 saturated heterocycles. The number of anilines is 2. The molecule has 3 N–H and O–H groups in total. The molecule has 1 aromatic carbocycles. The lowest BCUT2D eigenvalue weighted by atomic mass is 10.1. The normalized spacial score (nSPS) is 12.0. The molecule has 0 aliphatic heterocycles. The fourth-order valence-corrected chi connectivity index (χ4v) is 2.77. The van der Waals surface area contributed by atoms with Gasteiger partial charge in [0, 0.05) is 29.5 Å². The summed E-state index contributed by atoms with van der Waals surface area (Å²) in [6.45, 7) is 5.97. The zero-order valence-electron chi connectivity index (χ0n) is 16.1. The summed E-state index contributed by atoms with van der Waals surface area (Å²) in [4.78, 5) is 24.8. The molecular weight excluding hydrogens is 356 g/mol. The minimum absolute atomic E-state index is 0.196. The first-order valence-electron chi connectivity index (χ1n) is 9.18. The van der Waals surface area contributed by atoms with Crippen molar-refractivity contribution in [2.45, 2.75) is 33.2 Å². The fourth-order valence-electron chi connectivity index (χ4n) is 2.77. The Labute approximate surface area is 163 Å². The number of rotatable bonds is 7. The van der Waals surface area contributed by atoms with Gasteiger partial charge in [-0.15, -0.1) is 0 Å². The Hall–Kier alpha value is -3.42. The predicted molar refractivity (Wildman–Crippen MR) is 107 cm³/mol. The predicted octanol–water partition coefficient (Wildman–Crippen LogP) is 3.26. The smallest absolute Gasteiger partial charge is 0.276 e. The molecule has 2 heterocycles. The molecule has 0 fully saturated rings. The van der Waals surface area contributed by atoms with Crippen LogP contribution in [0.25, 0.3) is 0 Å². The third-order valence-electron chi connectivity index (χ3n) is 4.18. The van der Waals surface area contributed by atoms with Crippen LogP contribution in [-0.4, -0.2) is 31.8 Å². The Kier molecular flexibility index (Phi) is 5.88. The van der Waals surface area contributed by atoms with Gasteiger partial charge >= 0.3 is 0 Å². The number of H-pyrrole nitrogens is 1. The molecule has 0 aliphatic rings. The maximum absolute atomic E-state index is 12.4. The third-order valence-corrected chi connectivity index (χ3v) is 4.18. The molecule has 0 unspecified atom stereocenters. The van der Waals surface area contributed by atoms with Gasteiger partial charge in [0.15, 0.2) is 5.69 Å². The molecule has 8 nitrogen and oxygen atoms in total. The molecule has 1 atom stereocenters. The molecule has 0 spiro atoms. The second kappa shape index (κ2) is 8.51. The van der Waals surface area contributed by atoms with Crippen molar-refractivity contribution in [2.75, 3.05) is 10.6 Å². The van der Waals surface area contributed by atoms with E-state index in [1.807, 2.05) is 0 Å². The number of nitrogens with one attached hydrogen (secondary N) is 3. The molecule has 28 heavy (non-hydrogen) atoms. The van der Waals surface area contributed by atoms with Gasteiger partial charge in [-0.1, -0.05) is 19.9 Å². The Morgan fingerprint density at radius 3 is 2.54 bits per heavy atom. The zero-order valence-corrected chi connectivity index (χ0v) is 16.1. The molecule has 0 aliphatic carbocycles. The first kappa shape index (κ1) is 19.3. The molecule has 3 rings (SSSR count). The van der Waals surface area contributed by atoms with Crippen LogP contribution in [0.4, 0.5) is 11.4 Å². The van der Waals surface area contributed by atoms with Crippen LogP contribution in [0.3, 0.4) is 0 Å². The van der Waals surface area contributed by atoms with Crippen LogP contribution < -0.4 is 10.6 Å². The summed E-state index contributed by atoms with van der Waals surface area (Å²) in [5.74, 6) is -0.0294. The largest absolute Gasteiger partial charge is 0.324 e. The van der Waals surface area contributed by atoms with Crippen molar-refractivity contribution >= 4 is 23.2 Å². The molecule has 0 radical (unpaired) electrons. The Bertz CT molecular complexity index is 945. The molecule has 2 amide bonds. The number of hydrogen-bond acceptors (Lipinski definition) is 4. The number of amides is 2. The average Bonchev–Trinajstić information content (AvgIpc) is 3.32. The number of carbonyl (C=O) groups excluding carboxylic acids is 2. The van der Waals surface area contributed by atoms with E-state index in [0.29, 0.717) is 23.0 Å². The lowest BCUT2D eigenvalue weighted by molar-refractivity contribution is -0.119. The van der Waals surface area contributed by atoms with Gasteiger partial charge in [-0.25, -0.2) is 0 Å². The van der Waals surface area contributed by atoms with Gasteiger partial charge in [0.2, 0.25) is 5.91 Å². The average molecular weight is 380 g/mol. The summed E-state index contributed by atoms with van der Waals surface area (Å²) < 4.78 is 1.58. The summed E-state index contributed by atoms with van der Waals surface area (Å²) in [5, 5.41) is 16.7. The summed E-state index contributed by atoms with van der Waals surface area (Å²) in [5.41, 5.74) is 2.42. The zero-order chi connectivity index (χ0) is 20.1. The van der Waals surface area contributed by atoms with Gasteiger partial charge in [0.1, 0.15) is 6.04 Å². The van der Waals surface area contributed by atoms with E-state index < -0.39 is 6.04 Å². The number of nitrogens with zero attached hydrogens (tertiary/aromatic N) is 3. The fraction of sp³-hybridized carbons (Fsp3) is 0.300. The quantitative estimate of drug-likeness (QED) is 0.585. The summed E-state index contributed by atoms with van der Waals surface area (Å²) in [7, 11) is 0. The van der Waals surface area contributed by atoms with Gasteiger partial charge in [0.05, 0.1) is 0 Å². The summed E-state index contributed by atoms with van der Waals surface area (Å²) in [6, 6.07) is 10.1. The highest BCUT2D eigenvalue weighted by Gasteiger charge is 2.16. The number of aromatic nitrogens is 4. The highest BCUT2D eigenvalue weighted by atomic mass is 16.2. The van der Waals surface area contributed by atoms with Crippen molar-refractivity contribution in [3.05, 3.63) is 60.2 Å². The van der Waals surface area contributed by atoms with E-state index in [-0.39, 0.29) is 11.8 Å². The third kappa shape index (κ3) is 4.85. The monoisotopic (exact) mass is 380 g/mol. The number of hydrogen-bond donors (Lipinski definition) is 3. The number of aromatic amines is 1. The van der Waals surface area contributed by atoms with E-state index in [4.69, 9.17) is 0 Å². The minimum Gasteiger partial charge on any atom is -0.324 e. The van der Waals surface area contributed by atoms with Crippen LogP contribution in [0.15, 0.2) is 48.8 Å². The van der Waals surface area contributed by atoms with Crippen LogP contribution in [0.1, 0.15) is 43.0 Å². The molecular formula is C20H24N6O2. The van der Waals surface area contributed by atoms with Crippen LogP contribution in [0, 0.1) is 5.92 Å². The van der Waals surface area contributed by atoms with Crippen LogP contribution in [0.2, 0.25) is 0 Å². The maximum atomic E-state index is 12.4. The maximum Gasteiger partial charge on any atom is 0.276 e. The van der Waals surface area contributed by atoms with Gasteiger partial charge in [-0.05, 0) is 49.6 Å². The topological polar surface area (TPSA) is 105 Å². The van der Waals surface area contributed by atoms with Crippen LogP contribution >= 0.6 is 0 Å². The van der Waals surface area contributed by atoms with Gasteiger partial charge in [0.25, 0.3) is 5.91 Å². The molecule has 0 saturated carbocycles. The van der Waals surface area contributed by atoms with E-state index in [1.54, 1.807) is 60.4 Å². The van der Waals surface area contributed by atoms with Crippen molar-refractivity contribution in [1.29, 1.82) is 0 Å². The van der Waals surface area contributed by atoms with E-state index >= 15 is 0 Å². The van der Waals surface area contributed by atoms with E-state index in [9.17, 15) is 9.59 Å². The number of carbonyl (C=O) groups is 2. The van der Waals surface area contributed by atoms with Crippen LogP contribution in [0.5, 0.6) is 0 Å². The van der Waals surface area contributed by atoms with Gasteiger partial charge in [-0.3, -0.25) is 19.4 Å². The molecule has 146 valence electrons. The van der Waals surface area contributed by atoms with E-state index in [0.717, 1.165) is 12.1 Å². The highest BCUT2D eigenvalue weighted by Crippen LogP contribution is 2.18. The Morgan fingerprint density at radius 2 is 1.86 bits per heavy atom. The van der Waals surface area contributed by atoms with Gasteiger partial charge in [-0.2, -0.15) is 10.2 Å². The van der Waals surface area contributed by atoms with Gasteiger partial charge < -0.3 is 10.6 Å². The summed E-state index contributed by atoms with van der Waals surface area (Å²) in [6.07, 6.45) is 4.19. The highest BCUT2D eigenvalue weighted by molar-refractivity contribution is 6.03. The first-order chi connectivity index (χ1) is 13.4. The lowest BCUT2D eigenvalue weighted by Crippen LogP contribution is -2.24. The van der Waals surface area contributed by atoms with Crippen molar-refractivity contribution in [3.63, 3.8) is 0 Å². The number of benzene rings is 1. The van der Waals surface area contributed by atoms with E-state index in [2.05, 4.69) is 39.8 Å². The molecule has 2 aromatic heterocycles. The molecule has 0 bridgehead atoms. The molecule has 8 heteroatoms. The van der Waals surface area contributed by atoms with Crippen molar-refractivity contribution in [2.24, 2.45) is 5.92 Å². The Balaban J connectivity index is 1.63. The van der Waals surface area contributed by atoms with Crippen molar-refractivity contribution in [1.82, 2.24) is 20.0 Å². The van der Waals surface area contributed by atoms with Crippen LogP contribution in [-0.2, 0) is 11.2 Å². The minimum atomic E-state index is -0.448. The van der Waals surface area contributed by atoms with Crippen molar-refractivity contribution < 1.29 is 9.59 Å². The Morgan fingerprint density at radius 1 is 1.11 bits per heavy atom.